The minimum absolute atomic E-state index is 0.0274. The third-order valence-electron chi connectivity index (χ3n) is 5.40. The number of fused-ring (bicyclic) bond motifs is 1. The molecular formula is C24H23N3O5. The summed E-state index contributed by atoms with van der Waals surface area (Å²) in [4.78, 5) is 13.6. The van der Waals surface area contributed by atoms with Crippen molar-refractivity contribution in [3.8, 4) is 23.3 Å². The van der Waals surface area contributed by atoms with E-state index in [9.17, 15) is 10.1 Å². The average Bonchev–Trinajstić information content (AvgIpc) is 3.29. The summed E-state index contributed by atoms with van der Waals surface area (Å²) in [5.74, 6) is 1.29. The monoisotopic (exact) mass is 433 g/mol. The number of hydrogen-bond donors (Lipinski definition) is 1. The maximum atomic E-state index is 13.6. The second kappa shape index (κ2) is 8.55. The van der Waals surface area contributed by atoms with Crippen molar-refractivity contribution in [1.82, 2.24) is 4.57 Å². The number of nitrogens with two attached hydrogens (primary N) is 1. The van der Waals surface area contributed by atoms with Crippen molar-refractivity contribution in [3.63, 3.8) is 0 Å². The van der Waals surface area contributed by atoms with Gasteiger partial charge < -0.3 is 28.9 Å². The van der Waals surface area contributed by atoms with Crippen molar-refractivity contribution in [1.29, 1.82) is 5.26 Å². The van der Waals surface area contributed by atoms with Crippen LogP contribution >= 0.6 is 0 Å². The number of aryl methyl sites for hydroxylation is 1. The van der Waals surface area contributed by atoms with Crippen molar-refractivity contribution in [2.24, 2.45) is 5.73 Å². The molecule has 1 aliphatic rings. The van der Waals surface area contributed by atoms with Gasteiger partial charge in [-0.3, -0.25) is 4.79 Å². The summed E-state index contributed by atoms with van der Waals surface area (Å²) in [6, 6.07) is 12.7. The number of methoxy groups -OCH3 is 1. The van der Waals surface area contributed by atoms with E-state index in [1.54, 1.807) is 47.2 Å². The van der Waals surface area contributed by atoms with Crippen molar-refractivity contribution < 1.29 is 18.6 Å². The van der Waals surface area contributed by atoms with Crippen LogP contribution in [-0.4, -0.2) is 18.3 Å². The van der Waals surface area contributed by atoms with Crippen LogP contribution in [0.4, 0.5) is 0 Å². The van der Waals surface area contributed by atoms with Gasteiger partial charge in [0.1, 0.15) is 23.2 Å². The molecule has 8 heteroatoms. The molecule has 0 unspecified atom stereocenters. The Labute approximate surface area is 185 Å². The molecular weight excluding hydrogens is 410 g/mol. The smallest absolute Gasteiger partial charge is 0.259 e. The van der Waals surface area contributed by atoms with Gasteiger partial charge >= 0.3 is 0 Å². The summed E-state index contributed by atoms with van der Waals surface area (Å²) >= 11 is 0. The lowest BCUT2D eigenvalue weighted by molar-refractivity contribution is 0.310. The summed E-state index contributed by atoms with van der Waals surface area (Å²) in [6.07, 6.45) is 1.56. The van der Waals surface area contributed by atoms with E-state index in [2.05, 4.69) is 6.07 Å². The molecule has 1 atom stereocenters. The Morgan fingerprint density at radius 3 is 2.72 bits per heavy atom. The molecule has 2 aromatic heterocycles. The molecule has 1 aliphatic heterocycles. The molecule has 8 nitrogen and oxygen atoms in total. The van der Waals surface area contributed by atoms with Gasteiger partial charge in [-0.25, -0.2) is 0 Å². The molecule has 4 rings (SSSR count). The number of nitriles is 1. The Bertz CT molecular complexity index is 1280. The van der Waals surface area contributed by atoms with Gasteiger partial charge in [0, 0.05) is 11.8 Å². The molecule has 3 aromatic rings. The number of pyridine rings is 1. The van der Waals surface area contributed by atoms with Crippen molar-refractivity contribution in [3.05, 3.63) is 87.1 Å². The number of allylic oxidation sites excluding steroid dienone is 1. The lowest BCUT2D eigenvalue weighted by Gasteiger charge is -2.27. The molecule has 2 N–H and O–H groups in total. The second-order valence-corrected chi connectivity index (χ2v) is 7.30. The molecule has 32 heavy (non-hydrogen) atoms. The van der Waals surface area contributed by atoms with Crippen LogP contribution in [0.25, 0.3) is 0 Å². The van der Waals surface area contributed by atoms with Gasteiger partial charge in [-0.2, -0.15) is 5.26 Å². The normalized spacial score (nSPS) is 15.0. The quantitative estimate of drug-likeness (QED) is 0.634. The Hall–Kier alpha value is -4.12. The average molecular weight is 433 g/mol. The zero-order chi connectivity index (χ0) is 22.8. The zero-order valence-electron chi connectivity index (χ0n) is 18.0. The number of hydrogen-bond acceptors (Lipinski definition) is 7. The third-order valence-corrected chi connectivity index (χ3v) is 5.40. The summed E-state index contributed by atoms with van der Waals surface area (Å²) in [5.41, 5.74) is 7.64. The highest BCUT2D eigenvalue weighted by Crippen LogP contribution is 2.42. The third kappa shape index (κ3) is 3.58. The number of furan rings is 1. The van der Waals surface area contributed by atoms with Gasteiger partial charge in [-0.05, 0) is 43.7 Å². The fraction of sp³-hybridized carbons (Fsp3) is 0.250. The van der Waals surface area contributed by atoms with E-state index >= 15 is 0 Å². The molecule has 164 valence electrons. The van der Waals surface area contributed by atoms with Crippen LogP contribution < -0.4 is 25.5 Å². The van der Waals surface area contributed by atoms with Gasteiger partial charge in [0.2, 0.25) is 5.88 Å². The SMILES string of the molecule is CCOc1ccc([C@@H]2C(C#N)=C(N)Oc3cc(C)n(Cc4ccco4)c(=O)c32)cc1OC. The number of rotatable bonds is 6. The number of aromatic nitrogens is 1. The summed E-state index contributed by atoms with van der Waals surface area (Å²) in [5, 5.41) is 9.86. The molecule has 0 fully saturated rings. The van der Waals surface area contributed by atoms with E-state index < -0.39 is 5.92 Å². The Morgan fingerprint density at radius 1 is 1.25 bits per heavy atom. The summed E-state index contributed by atoms with van der Waals surface area (Å²) in [7, 11) is 1.54. The highest BCUT2D eigenvalue weighted by atomic mass is 16.5. The first-order valence-corrected chi connectivity index (χ1v) is 10.1. The van der Waals surface area contributed by atoms with Gasteiger partial charge in [0.25, 0.3) is 5.56 Å². The van der Waals surface area contributed by atoms with Crippen molar-refractivity contribution >= 4 is 0 Å². The first kappa shape index (κ1) is 21.1. The van der Waals surface area contributed by atoms with Crippen molar-refractivity contribution in [2.75, 3.05) is 13.7 Å². The van der Waals surface area contributed by atoms with Crippen LogP contribution in [0.2, 0.25) is 0 Å². The van der Waals surface area contributed by atoms with E-state index in [0.29, 0.717) is 46.4 Å². The zero-order valence-corrected chi connectivity index (χ0v) is 18.0. The summed E-state index contributed by atoms with van der Waals surface area (Å²) in [6.45, 7) is 4.42. The Balaban J connectivity index is 1.92. The fourth-order valence-corrected chi connectivity index (χ4v) is 3.91. The van der Waals surface area contributed by atoms with E-state index in [1.807, 2.05) is 13.8 Å². The van der Waals surface area contributed by atoms with Crippen LogP contribution in [0.1, 0.15) is 35.4 Å². The van der Waals surface area contributed by atoms with Crippen LogP contribution in [0.5, 0.6) is 17.2 Å². The van der Waals surface area contributed by atoms with E-state index in [4.69, 9.17) is 24.4 Å². The molecule has 1 aromatic carbocycles. The van der Waals surface area contributed by atoms with Crippen LogP contribution in [0.3, 0.4) is 0 Å². The minimum atomic E-state index is -0.718. The predicted octanol–water partition coefficient (Wildman–Crippen LogP) is 3.42. The van der Waals surface area contributed by atoms with E-state index in [1.165, 1.54) is 7.11 Å². The topological polar surface area (TPSA) is 113 Å². The predicted molar refractivity (Wildman–Crippen MR) is 117 cm³/mol. The van der Waals surface area contributed by atoms with Gasteiger partial charge in [-0.1, -0.05) is 6.07 Å². The van der Waals surface area contributed by atoms with Crippen LogP contribution in [0.15, 0.2) is 63.3 Å². The molecule has 0 saturated heterocycles. The van der Waals surface area contributed by atoms with Gasteiger partial charge in [0.05, 0.1) is 38.0 Å². The van der Waals surface area contributed by atoms with E-state index in [0.717, 1.165) is 0 Å². The largest absolute Gasteiger partial charge is 0.493 e. The maximum Gasteiger partial charge on any atom is 0.259 e. The van der Waals surface area contributed by atoms with Gasteiger partial charge in [-0.15, -0.1) is 0 Å². The molecule has 0 spiro atoms. The van der Waals surface area contributed by atoms with E-state index in [-0.39, 0.29) is 23.6 Å². The number of nitrogens with zero attached hydrogens (tertiary/aromatic N) is 2. The first-order valence-electron chi connectivity index (χ1n) is 10.1. The first-order chi connectivity index (χ1) is 15.5. The Kier molecular flexibility index (Phi) is 5.65. The maximum absolute atomic E-state index is 13.6. The van der Waals surface area contributed by atoms with Crippen LogP contribution in [-0.2, 0) is 6.54 Å². The standard InChI is InChI=1S/C24H23N3O5/c1-4-30-18-8-7-15(11-19(18)29-3)21-17(12-25)23(26)32-20-10-14(2)27(24(28)22(20)21)13-16-6-5-9-31-16/h5-11,21H,4,13,26H2,1-3H3/t21-/m1/s1. The second-order valence-electron chi connectivity index (χ2n) is 7.30. The van der Waals surface area contributed by atoms with Crippen molar-refractivity contribution in [2.45, 2.75) is 26.3 Å². The number of benzene rings is 1. The number of ether oxygens (including phenoxy) is 3. The Morgan fingerprint density at radius 2 is 2.06 bits per heavy atom. The fourth-order valence-electron chi connectivity index (χ4n) is 3.91. The van der Waals surface area contributed by atoms with Crippen LogP contribution in [0, 0.1) is 18.3 Å². The highest BCUT2D eigenvalue weighted by molar-refractivity contribution is 5.57. The molecule has 0 bridgehead atoms. The minimum Gasteiger partial charge on any atom is -0.493 e. The molecule has 0 radical (unpaired) electrons. The molecule has 0 aliphatic carbocycles. The summed E-state index contributed by atoms with van der Waals surface area (Å²) < 4.78 is 23.8. The molecule has 3 heterocycles. The highest BCUT2D eigenvalue weighted by Gasteiger charge is 2.35. The molecule has 0 saturated carbocycles. The molecule has 0 amide bonds. The lowest BCUT2D eigenvalue weighted by atomic mass is 9.84. The van der Waals surface area contributed by atoms with Gasteiger partial charge in [0.15, 0.2) is 11.5 Å². The lowest BCUT2D eigenvalue weighted by Crippen LogP contribution is -2.33.